The van der Waals surface area contributed by atoms with Gasteiger partial charge in [-0.2, -0.15) is 0 Å². The third-order valence-electron chi connectivity index (χ3n) is 4.03. The fourth-order valence-electron chi connectivity index (χ4n) is 2.60. The number of anilines is 1. The Bertz CT molecular complexity index is 848. The number of amidine groups is 1. The Morgan fingerprint density at radius 2 is 1.81 bits per heavy atom. The Balaban J connectivity index is 1.64. The first-order chi connectivity index (χ1) is 12.7. The second-order valence-corrected chi connectivity index (χ2v) is 5.83. The molecule has 2 aromatic rings. The number of alkyl halides is 3. The Hall–Kier alpha value is -3.23. The average molecular weight is 380 g/mol. The van der Waals surface area contributed by atoms with Crippen LogP contribution in [0.1, 0.15) is 28.4 Å². The molecule has 1 N–H and O–H groups in total. The Morgan fingerprint density at radius 3 is 2.37 bits per heavy atom. The lowest BCUT2D eigenvalue weighted by molar-refractivity contribution is -0.274. The van der Waals surface area contributed by atoms with Gasteiger partial charge < -0.3 is 19.6 Å². The van der Waals surface area contributed by atoms with Crippen molar-refractivity contribution in [3.05, 3.63) is 59.7 Å². The molecule has 6 nitrogen and oxygen atoms in total. The van der Waals surface area contributed by atoms with Gasteiger partial charge in [-0.3, -0.25) is 0 Å². The summed E-state index contributed by atoms with van der Waals surface area (Å²) < 4.78 is 40.5. The van der Waals surface area contributed by atoms with Gasteiger partial charge in [0.15, 0.2) is 11.9 Å². The first-order valence-corrected chi connectivity index (χ1v) is 7.88. The SMILES string of the molecule is CN(C1=NO[C@@H](c2ccc(OC(F)(F)F)cc2)C1)c1ccc(C(=O)O)cc1. The zero-order chi connectivity index (χ0) is 19.6. The average Bonchev–Trinajstić information content (AvgIpc) is 3.10. The summed E-state index contributed by atoms with van der Waals surface area (Å²) in [5, 5.41) is 13.0. The molecule has 0 spiro atoms. The molecule has 1 aliphatic heterocycles. The first-order valence-electron chi connectivity index (χ1n) is 7.88. The maximum absolute atomic E-state index is 12.2. The summed E-state index contributed by atoms with van der Waals surface area (Å²) in [6, 6.07) is 11.7. The van der Waals surface area contributed by atoms with Gasteiger partial charge in [-0.15, -0.1) is 13.2 Å². The summed E-state index contributed by atoms with van der Waals surface area (Å²) >= 11 is 0. The van der Waals surface area contributed by atoms with E-state index >= 15 is 0 Å². The molecule has 0 aromatic heterocycles. The normalized spacial score (nSPS) is 16.4. The largest absolute Gasteiger partial charge is 0.573 e. The summed E-state index contributed by atoms with van der Waals surface area (Å²) in [5.74, 6) is -0.705. The van der Waals surface area contributed by atoms with Gasteiger partial charge in [0.2, 0.25) is 0 Å². The monoisotopic (exact) mass is 380 g/mol. The smallest absolute Gasteiger partial charge is 0.478 e. The molecule has 0 fully saturated rings. The topological polar surface area (TPSA) is 71.4 Å². The highest BCUT2D eigenvalue weighted by molar-refractivity contribution is 5.98. The Morgan fingerprint density at radius 1 is 1.19 bits per heavy atom. The van der Waals surface area contributed by atoms with Gasteiger partial charge >= 0.3 is 12.3 Å². The Kier molecular flexibility index (Phi) is 4.93. The lowest BCUT2D eigenvalue weighted by Crippen LogP contribution is -2.25. The number of benzene rings is 2. The quantitative estimate of drug-likeness (QED) is 0.861. The van der Waals surface area contributed by atoms with Crippen LogP contribution in [0.3, 0.4) is 0 Å². The highest BCUT2D eigenvalue weighted by Crippen LogP contribution is 2.31. The molecule has 3 rings (SSSR count). The second-order valence-electron chi connectivity index (χ2n) is 5.83. The summed E-state index contributed by atoms with van der Waals surface area (Å²) in [5.41, 5.74) is 1.57. The molecule has 27 heavy (non-hydrogen) atoms. The first kappa shape index (κ1) is 18.6. The molecular weight excluding hydrogens is 365 g/mol. The number of halogens is 3. The fourth-order valence-corrected chi connectivity index (χ4v) is 2.60. The number of carbonyl (C=O) groups is 1. The second kappa shape index (κ2) is 7.18. The molecule has 2 aromatic carbocycles. The van der Waals surface area contributed by atoms with Crippen LogP contribution in [0.4, 0.5) is 18.9 Å². The number of aromatic carboxylic acids is 1. The van der Waals surface area contributed by atoms with Crippen LogP contribution in [-0.4, -0.2) is 30.3 Å². The number of hydrogen-bond acceptors (Lipinski definition) is 5. The Labute approximate surface area is 152 Å². The van der Waals surface area contributed by atoms with E-state index in [1.807, 2.05) is 0 Å². The molecule has 0 bridgehead atoms. The van der Waals surface area contributed by atoms with Crippen LogP contribution in [0.5, 0.6) is 5.75 Å². The van der Waals surface area contributed by atoms with Gasteiger partial charge in [0, 0.05) is 12.7 Å². The molecule has 0 saturated carbocycles. The summed E-state index contributed by atoms with van der Waals surface area (Å²) in [7, 11) is 1.76. The molecule has 1 atom stereocenters. The lowest BCUT2D eigenvalue weighted by Gasteiger charge is -2.18. The minimum atomic E-state index is -4.74. The number of carboxylic acids is 1. The van der Waals surface area contributed by atoms with Crippen LogP contribution in [-0.2, 0) is 4.84 Å². The standard InChI is InChI=1S/C18H15F3N2O4/c1-23(13-6-2-12(3-7-13)17(24)25)16-10-15(27-22-16)11-4-8-14(9-5-11)26-18(19,20)21/h2-9,15H,10H2,1H3,(H,24,25)/t15-/m1/s1. The van der Waals surface area contributed by atoms with Crippen molar-refractivity contribution in [2.45, 2.75) is 18.9 Å². The van der Waals surface area contributed by atoms with Crippen molar-refractivity contribution in [3.8, 4) is 5.75 Å². The van der Waals surface area contributed by atoms with Crippen LogP contribution < -0.4 is 9.64 Å². The zero-order valence-corrected chi connectivity index (χ0v) is 14.1. The lowest BCUT2D eigenvalue weighted by atomic mass is 10.1. The van der Waals surface area contributed by atoms with E-state index in [4.69, 9.17) is 9.94 Å². The van der Waals surface area contributed by atoms with Crippen molar-refractivity contribution < 1.29 is 32.6 Å². The molecule has 0 unspecified atom stereocenters. The van der Waals surface area contributed by atoms with Gasteiger partial charge in [0.1, 0.15) is 5.75 Å². The van der Waals surface area contributed by atoms with Gasteiger partial charge in [-0.1, -0.05) is 17.3 Å². The van der Waals surface area contributed by atoms with E-state index in [1.165, 1.54) is 36.4 Å². The molecular formula is C18H15F3N2O4. The van der Waals surface area contributed by atoms with Crippen molar-refractivity contribution in [2.75, 3.05) is 11.9 Å². The van der Waals surface area contributed by atoms with E-state index in [9.17, 15) is 18.0 Å². The summed E-state index contributed by atoms with van der Waals surface area (Å²) in [6.07, 6.45) is -4.75. The van der Waals surface area contributed by atoms with Gasteiger partial charge in [-0.25, -0.2) is 4.79 Å². The van der Waals surface area contributed by atoms with E-state index in [2.05, 4.69) is 9.89 Å². The van der Waals surface area contributed by atoms with Crippen LogP contribution in [0.15, 0.2) is 53.7 Å². The molecule has 0 saturated heterocycles. The summed E-state index contributed by atoms with van der Waals surface area (Å²) in [6.45, 7) is 0. The minimum Gasteiger partial charge on any atom is -0.478 e. The van der Waals surface area contributed by atoms with Gasteiger partial charge in [0.25, 0.3) is 0 Å². The highest BCUT2D eigenvalue weighted by Gasteiger charge is 2.31. The van der Waals surface area contributed by atoms with Crippen LogP contribution in [0.2, 0.25) is 0 Å². The molecule has 9 heteroatoms. The number of rotatable bonds is 4. The maximum atomic E-state index is 12.2. The predicted molar refractivity (Wildman–Crippen MR) is 90.8 cm³/mol. The molecule has 0 amide bonds. The number of hydrogen-bond donors (Lipinski definition) is 1. The van der Waals surface area contributed by atoms with Crippen molar-refractivity contribution in [1.29, 1.82) is 0 Å². The highest BCUT2D eigenvalue weighted by atomic mass is 19.4. The van der Waals surface area contributed by atoms with E-state index in [0.29, 0.717) is 17.8 Å². The third kappa shape index (κ3) is 4.49. The van der Waals surface area contributed by atoms with Crippen LogP contribution >= 0.6 is 0 Å². The fraction of sp³-hybridized carbons (Fsp3) is 0.222. The van der Waals surface area contributed by atoms with Crippen molar-refractivity contribution >= 4 is 17.5 Å². The van der Waals surface area contributed by atoms with E-state index < -0.39 is 18.4 Å². The number of nitrogens with zero attached hydrogens (tertiary/aromatic N) is 2. The van der Waals surface area contributed by atoms with E-state index in [-0.39, 0.29) is 11.3 Å². The van der Waals surface area contributed by atoms with Gasteiger partial charge in [-0.05, 0) is 42.0 Å². The third-order valence-corrected chi connectivity index (χ3v) is 4.03. The maximum Gasteiger partial charge on any atom is 0.573 e. The predicted octanol–water partition coefficient (Wildman–Crippen LogP) is 4.19. The number of ether oxygens (including phenoxy) is 1. The molecule has 0 aliphatic carbocycles. The van der Waals surface area contributed by atoms with E-state index in [1.54, 1.807) is 24.1 Å². The molecule has 1 heterocycles. The zero-order valence-electron chi connectivity index (χ0n) is 14.1. The minimum absolute atomic E-state index is 0.177. The summed E-state index contributed by atoms with van der Waals surface area (Å²) in [4.78, 5) is 18.1. The number of oxime groups is 1. The molecule has 0 radical (unpaired) electrons. The molecule has 1 aliphatic rings. The van der Waals surface area contributed by atoms with E-state index in [0.717, 1.165) is 5.69 Å². The molecule has 142 valence electrons. The van der Waals surface area contributed by atoms with Crippen LogP contribution in [0, 0.1) is 0 Å². The van der Waals surface area contributed by atoms with Crippen molar-refractivity contribution in [1.82, 2.24) is 0 Å². The van der Waals surface area contributed by atoms with Crippen molar-refractivity contribution in [3.63, 3.8) is 0 Å². The van der Waals surface area contributed by atoms with Gasteiger partial charge in [0.05, 0.1) is 12.0 Å². The van der Waals surface area contributed by atoms with Crippen molar-refractivity contribution in [2.24, 2.45) is 5.16 Å². The van der Waals surface area contributed by atoms with Crippen LogP contribution in [0.25, 0.3) is 0 Å². The number of carboxylic acid groups (broad SMARTS) is 1.